The molecule has 1 rings (SSSR count). The number of benzene rings is 1. The van der Waals surface area contributed by atoms with E-state index in [-0.39, 0.29) is 5.56 Å². The van der Waals surface area contributed by atoms with Crippen LogP contribution in [0.4, 0.5) is 10.1 Å². The number of carbonyl (C=O) groups is 1. The van der Waals surface area contributed by atoms with E-state index in [0.717, 1.165) is 12.1 Å². The lowest BCUT2D eigenvalue weighted by Gasteiger charge is -1.99. The molecule has 5 nitrogen and oxygen atoms in total. The highest BCUT2D eigenvalue weighted by molar-refractivity contribution is 9.10. The molecule has 0 saturated carbocycles. The molecule has 0 amide bonds. The monoisotopic (exact) mass is 289 g/mol. The number of carboxylic acids is 1. The van der Waals surface area contributed by atoms with Crippen LogP contribution in [0.15, 0.2) is 22.7 Å². The van der Waals surface area contributed by atoms with Gasteiger partial charge < -0.3 is 5.11 Å². The first-order valence-electron chi connectivity index (χ1n) is 3.96. The largest absolute Gasteiger partial charge is 0.478 e. The maximum atomic E-state index is 13.2. The van der Waals surface area contributed by atoms with Crippen LogP contribution in [0.5, 0.6) is 0 Å². The summed E-state index contributed by atoms with van der Waals surface area (Å²) in [7, 11) is 0. The lowest BCUT2D eigenvalue weighted by molar-refractivity contribution is -0.387. The van der Waals surface area contributed by atoms with Crippen LogP contribution in [0.1, 0.15) is 5.56 Å². The van der Waals surface area contributed by atoms with Gasteiger partial charge in [0, 0.05) is 10.5 Å². The van der Waals surface area contributed by atoms with Gasteiger partial charge >= 0.3 is 11.7 Å². The van der Waals surface area contributed by atoms with Gasteiger partial charge in [0.15, 0.2) is 0 Å². The summed E-state index contributed by atoms with van der Waals surface area (Å²) in [4.78, 5) is 19.9. The van der Waals surface area contributed by atoms with Gasteiger partial charge in [-0.1, -0.05) is 15.9 Å². The van der Waals surface area contributed by atoms with Crippen molar-refractivity contribution in [2.75, 3.05) is 0 Å². The highest BCUT2D eigenvalue weighted by atomic mass is 79.9. The maximum Gasteiger partial charge on any atom is 0.328 e. The third kappa shape index (κ3) is 2.86. The van der Waals surface area contributed by atoms with Crippen LogP contribution in [0, 0.1) is 15.9 Å². The molecule has 0 heterocycles. The number of nitrogens with zero attached hydrogens (tertiary/aromatic N) is 1. The van der Waals surface area contributed by atoms with Gasteiger partial charge in [0.2, 0.25) is 5.82 Å². The van der Waals surface area contributed by atoms with E-state index in [1.54, 1.807) is 0 Å². The van der Waals surface area contributed by atoms with Crippen LogP contribution in [-0.4, -0.2) is 16.0 Å². The van der Waals surface area contributed by atoms with Crippen molar-refractivity contribution in [1.82, 2.24) is 0 Å². The highest BCUT2D eigenvalue weighted by Crippen LogP contribution is 2.27. The molecule has 0 bridgehead atoms. The Balaban J connectivity index is 3.35. The molecule has 84 valence electrons. The molecule has 0 aliphatic carbocycles. The number of halogens is 2. The summed E-state index contributed by atoms with van der Waals surface area (Å²) in [6.07, 6.45) is 1.67. The van der Waals surface area contributed by atoms with Gasteiger partial charge in [0.25, 0.3) is 0 Å². The molecule has 0 fully saturated rings. The minimum absolute atomic E-state index is 0.112. The second-order valence-electron chi connectivity index (χ2n) is 2.75. The first-order valence-corrected chi connectivity index (χ1v) is 4.75. The number of nitro groups is 1. The standard InChI is InChI=1S/C9H5BrFNO4/c10-6-3-5(1-2-8(13)14)9(12(15)16)7(11)4-6/h1-4H,(H,13,14)/b2-1+. The van der Waals surface area contributed by atoms with Crippen molar-refractivity contribution >= 4 is 33.7 Å². The van der Waals surface area contributed by atoms with Gasteiger partial charge in [-0.3, -0.25) is 10.1 Å². The van der Waals surface area contributed by atoms with Crippen molar-refractivity contribution < 1.29 is 19.2 Å². The Labute approximate surface area is 97.5 Å². The summed E-state index contributed by atoms with van der Waals surface area (Å²) in [6, 6.07) is 2.21. The minimum Gasteiger partial charge on any atom is -0.478 e. The fourth-order valence-corrected chi connectivity index (χ4v) is 1.51. The number of aliphatic carboxylic acids is 1. The van der Waals surface area contributed by atoms with Crippen LogP contribution in [-0.2, 0) is 4.79 Å². The van der Waals surface area contributed by atoms with Crippen molar-refractivity contribution in [3.8, 4) is 0 Å². The van der Waals surface area contributed by atoms with Crippen LogP contribution < -0.4 is 0 Å². The molecule has 0 unspecified atom stereocenters. The fourth-order valence-electron chi connectivity index (χ4n) is 1.07. The quantitative estimate of drug-likeness (QED) is 0.527. The van der Waals surface area contributed by atoms with E-state index >= 15 is 0 Å². The van der Waals surface area contributed by atoms with Crippen molar-refractivity contribution in [1.29, 1.82) is 0 Å². The third-order valence-corrected chi connectivity index (χ3v) is 2.10. The average molecular weight is 290 g/mol. The molecule has 1 aromatic carbocycles. The molecule has 0 aliphatic rings. The minimum atomic E-state index is -1.27. The Morgan fingerprint density at radius 2 is 2.19 bits per heavy atom. The lowest BCUT2D eigenvalue weighted by atomic mass is 10.1. The maximum absolute atomic E-state index is 13.2. The van der Waals surface area contributed by atoms with Gasteiger partial charge in [0.1, 0.15) is 0 Å². The fraction of sp³-hybridized carbons (Fsp3) is 0. The average Bonchev–Trinajstić information content (AvgIpc) is 2.12. The molecule has 1 N–H and O–H groups in total. The van der Waals surface area contributed by atoms with Crippen LogP contribution in [0.25, 0.3) is 6.08 Å². The van der Waals surface area contributed by atoms with Crippen molar-refractivity contribution in [3.05, 3.63) is 44.2 Å². The van der Waals surface area contributed by atoms with Gasteiger partial charge in [-0.15, -0.1) is 0 Å². The second kappa shape index (κ2) is 4.84. The molecule has 7 heteroatoms. The number of carboxylic acid groups (broad SMARTS) is 1. The van der Waals surface area contributed by atoms with E-state index < -0.39 is 22.4 Å². The van der Waals surface area contributed by atoms with Crippen molar-refractivity contribution in [3.63, 3.8) is 0 Å². The van der Waals surface area contributed by atoms with Gasteiger partial charge in [0.05, 0.1) is 10.5 Å². The smallest absolute Gasteiger partial charge is 0.328 e. The lowest BCUT2D eigenvalue weighted by Crippen LogP contribution is -1.96. The zero-order valence-electron chi connectivity index (χ0n) is 7.68. The molecule has 0 atom stereocenters. The first kappa shape index (κ1) is 12.3. The predicted octanol–water partition coefficient (Wildman–Crippen LogP) is 2.59. The topological polar surface area (TPSA) is 80.4 Å². The van der Waals surface area contributed by atoms with E-state index in [1.165, 1.54) is 6.07 Å². The first-order chi connectivity index (χ1) is 7.41. The number of rotatable bonds is 3. The molecular formula is C9H5BrFNO4. The number of hydrogen-bond donors (Lipinski definition) is 1. The Kier molecular flexibility index (Phi) is 3.73. The molecule has 16 heavy (non-hydrogen) atoms. The number of nitro benzene ring substituents is 1. The molecule has 0 radical (unpaired) electrons. The molecule has 0 saturated heterocycles. The van der Waals surface area contributed by atoms with Crippen LogP contribution in [0.2, 0.25) is 0 Å². The van der Waals surface area contributed by atoms with Crippen molar-refractivity contribution in [2.24, 2.45) is 0 Å². The van der Waals surface area contributed by atoms with Gasteiger partial charge in [-0.05, 0) is 18.2 Å². The van der Waals surface area contributed by atoms with Crippen molar-refractivity contribution in [2.45, 2.75) is 0 Å². The zero-order chi connectivity index (χ0) is 12.3. The van der Waals surface area contributed by atoms with E-state index in [2.05, 4.69) is 15.9 Å². The molecular weight excluding hydrogens is 285 g/mol. The summed E-state index contributed by atoms with van der Waals surface area (Å²) in [5, 5.41) is 18.9. The predicted molar refractivity (Wildman–Crippen MR) is 57.4 cm³/mol. The van der Waals surface area contributed by atoms with E-state index in [1.807, 2.05) is 0 Å². The molecule has 0 aliphatic heterocycles. The molecule has 0 spiro atoms. The Morgan fingerprint density at radius 3 is 2.69 bits per heavy atom. The van der Waals surface area contributed by atoms with Crippen LogP contribution in [0.3, 0.4) is 0 Å². The summed E-state index contributed by atoms with van der Waals surface area (Å²) >= 11 is 2.96. The normalized spacial score (nSPS) is 10.6. The van der Waals surface area contributed by atoms with Gasteiger partial charge in [-0.2, -0.15) is 4.39 Å². The van der Waals surface area contributed by atoms with E-state index in [0.29, 0.717) is 10.5 Å². The van der Waals surface area contributed by atoms with Crippen LogP contribution >= 0.6 is 15.9 Å². The molecule has 1 aromatic rings. The third-order valence-electron chi connectivity index (χ3n) is 1.65. The summed E-state index contributed by atoms with van der Waals surface area (Å²) in [5.41, 5.74) is -0.861. The van der Waals surface area contributed by atoms with E-state index in [9.17, 15) is 19.3 Å². The highest BCUT2D eigenvalue weighted by Gasteiger charge is 2.19. The SMILES string of the molecule is O=C(O)/C=C/c1cc(Br)cc(F)c1[N+](=O)[O-]. The Bertz CT molecular complexity index is 487. The number of hydrogen-bond acceptors (Lipinski definition) is 3. The zero-order valence-corrected chi connectivity index (χ0v) is 9.27. The summed E-state index contributed by atoms with van der Waals surface area (Å²) < 4.78 is 13.5. The summed E-state index contributed by atoms with van der Waals surface area (Å²) in [6.45, 7) is 0. The van der Waals surface area contributed by atoms with E-state index in [4.69, 9.17) is 5.11 Å². The Morgan fingerprint density at radius 1 is 1.56 bits per heavy atom. The second-order valence-corrected chi connectivity index (χ2v) is 3.67. The summed E-state index contributed by atoms with van der Waals surface area (Å²) in [5.74, 6) is -2.29. The molecule has 0 aromatic heterocycles. The Hall–Kier alpha value is -1.76. The van der Waals surface area contributed by atoms with Gasteiger partial charge in [-0.25, -0.2) is 4.79 Å².